The predicted molar refractivity (Wildman–Crippen MR) is 76.3 cm³/mol. The van der Waals surface area contributed by atoms with Crippen molar-refractivity contribution >= 4 is 16.8 Å². The van der Waals surface area contributed by atoms with Gasteiger partial charge in [0.05, 0.1) is 0 Å². The molecule has 1 aliphatic rings. The summed E-state index contributed by atoms with van der Waals surface area (Å²) in [6.07, 6.45) is 3.89. The first-order valence-corrected chi connectivity index (χ1v) is 6.84. The molecule has 0 radical (unpaired) electrons. The van der Waals surface area contributed by atoms with Crippen molar-refractivity contribution in [1.29, 1.82) is 0 Å². The van der Waals surface area contributed by atoms with Crippen molar-refractivity contribution in [2.45, 2.75) is 31.8 Å². The van der Waals surface area contributed by atoms with Gasteiger partial charge in [-0.2, -0.15) is 0 Å². The fraction of sp³-hybridized carbons (Fsp3) is 0.400. The van der Waals surface area contributed by atoms with Crippen molar-refractivity contribution in [2.24, 2.45) is 0 Å². The summed E-state index contributed by atoms with van der Waals surface area (Å²) < 4.78 is 0. The standard InChI is InChI=1S/C15H19N3O/c1-10-8-13(5-7-16-10)18-15(19)12-3-2-11-4-6-17-14(11)9-12/h2-4,6,9-10,13,16-17H,5,7-8H2,1H3,(H,18,19). The first-order chi connectivity index (χ1) is 9.22. The zero-order valence-electron chi connectivity index (χ0n) is 11.1. The van der Waals surface area contributed by atoms with Gasteiger partial charge >= 0.3 is 0 Å². The number of piperidine rings is 1. The Morgan fingerprint density at radius 3 is 3.11 bits per heavy atom. The predicted octanol–water partition coefficient (Wildman–Crippen LogP) is 2.04. The summed E-state index contributed by atoms with van der Waals surface area (Å²) in [5.74, 6) is 0.0237. The molecule has 1 aromatic heterocycles. The summed E-state index contributed by atoms with van der Waals surface area (Å²) in [7, 11) is 0. The number of amides is 1. The van der Waals surface area contributed by atoms with Crippen LogP contribution in [0.2, 0.25) is 0 Å². The minimum Gasteiger partial charge on any atom is -0.361 e. The largest absolute Gasteiger partial charge is 0.361 e. The molecule has 1 aromatic carbocycles. The molecule has 3 rings (SSSR count). The number of hydrogen-bond donors (Lipinski definition) is 3. The van der Waals surface area contributed by atoms with Gasteiger partial charge in [-0.3, -0.25) is 4.79 Å². The van der Waals surface area contributed by atoms with Crippen molar-refractivity contribution in [3.63, 3.8) is 0 Å². The van der Waals surface area contributed by atoms with Crippen LogP contribution in [0.5, 0.6) is 0 Å². The van der Waals surface area contributed by atoms with Gasteiger partial charge in [0.2, 0.25) is 0 Å². The molecule has 1 aliphatic heterocycles. The topological polar surface area (TPSA) is 56.9 Å². The van der Waals surface area contributed by atoms with Crippen LogP contribution >= 0.6 is 0 Å². The highest BCUT2D eigenvalue weighted by molar-refractivity contribution is 5.98. The summed E-state index contributed by atoms with van der Waals surface area (Å²) in [4.78, 5) is 15.4. The van der Waals surface area contributed by atoms with Crippen LogP contribution in [0.1, 0.15) is 30.1 Å². The molecule has 4 heteroatoms. The van der Waals surface area contributed by atoms with Crippen molar-refractivity contribution in [3.8, 4) is 0 Å². The molecule has 2 atom stereocenters. The van der Waals surface area contributed by atoms with E-state index in [2.05, 4.69) is 22.5 Å². The number of nitrogens with one attached hydrogen (secondary N) is 3. The maximum Gasteiger partial charge on any atom is 0.251 e. The van der Waals surface area contributed by atoms with Gasteiger partial charge in [0.25, 0.3) is 5.91 Å². The smallest absolute Gasteiger partial charge is 0.251 e. The quantitative estimate of drug-likeness (QED) is 0.771. The van der Waals surface area contributed by atoms with Crippen molar-refractivity contribution in [2.75, 3.05) is 6.54 Å². The lowest BCUT2D eigenvalue weighted by Gasteiger charge is -2.28. The minimum absolute atomic E-state index is 0.0237. The van der Waals surface area contributed by atoms with E-state index < -0.39 is 0 Å². The van der Waals surface area contributed by atoms with E-state index in [4.69, 9.17) is 0 Å². The molecule has 0 aliphatic carbocycles. The van der Waals surface area contributed by atoms with E-state index >= 15 is 0 Å². The molecule has 19 heavy (non-hydrogen) atoms. The fourth-order valence-corrected chi connectivity index (χ4v) is 2.72. The molecule has 0 bridgehead atoms. The molecule has 2 aromatic rings. The number of carbonyl (C=O) groups is 1. The lowest BCUT2D eigenvalue weighted by atomic mass is 10.00. The van der Waals surface area contributed by atoms with Crippen LogP contribution in [0.15, 0.2) is 30.5 Å². The summed E-state index contributed by atoms with van der Waals surface area (Å²) in [5.41, 5.74) is 1.73. The van der Waals surface area contributed by atoms with E-state index in [1.54, 1.807) is 0 Å². The second-order valence-corrected chi connectivity index (χ2v) is 5.33. The maximum absolute atomic E-state index is 12.2. The molecule has 1 fully saturated rings. The van der Waals surface area contributed by atoms with Gasteiger partial charge in [0.1, 0.15) is 0 Å². The third kappa shape index (κ3) is 2.63. The lowest BCUT2D eigenvalue weighted by Crippen LogP contribution is -2.46. The van der Waals surface area contributed by atoms with Gasteiger partial charge < -0.3 is 15.6 Å². The maximum atomic E-state index is 12.2. The lowest BCUT2D eigenvalue weighted by molar-refractivity contribution is 0.0926. The van der Waals surface area contributed by atoms with Gasteiger partial charge in [-0.1, -0.05) is 6.07 Å². The highest BCUT2D eigenvalue weighted by Crippen LogP contribution is 2.15. The Bertz CT molecular complexity index is 590. The van der Waals surface area contributed by atoms with Crippen LogP contribution in [0.4, 0.5) is 0 Å². The summed E-state index contributed by atoms with van der Waals surface area (Å²) >= 11 is 0. The second kappa shape index (κ2) is 5.05. The zero-order valence-corrected chi connectivity index (χ0v) is 11.1. The highest BCUT2D eigenvalue weighted by Gasteiger charge is 2.20. The van der Waals surface area contributed by atoms with Crippen LogP contribution in [0, 0.1) is 0 Å². The van der Waals surface area contributed by atoms with E-state index in [1.807, 2.05) is 30.5 Å². The van der Waals surface area contributed by atoms with E-state index in [-0.39, 0.29) is 11.9 Å². The molecular formula is C15H19N3O. The van der Waals surface area contributed by atoms with Crippen LogP contribution < -0.4 is 10.6 Å². The summed E-state index contributed by atoms with van der Waals surface area (Å²) in [6.45, 7) is 3.13. The van der Waals surface area contributed by atoms with Crippen LogP contribution in [-0.2, 0) is 0 Å². The molecule has 1 amide bonds. The van der Waals surface area contributed by atoms with E-state index in [0.717, 1.165) is 35.9 Å². The number of fused-ring (bicyclic) bond motifs is 1. The fourth-order valence-electron chi connectivity index (χ4n) is 2.72. The molecule has 2 heterocycles. The van der Waals surface area contributed by atoms with Gasteiger partial charge in [0, 0.05) is 29.4 Å². The molecule has 1 saturated heterocycles. The number of aromatic amines is 1. The van der Waals surface area contributed by atoms with E-state index in [9.17, 15) is 4.79 Å². The second-order valence-electron chi connectivity index (χ2n) is 5.33. The minimum atomic E-state index is 0.0237. The Hall–Kier alpha value is -1.81. The van der Waals surface area contributed by atoms with E-state index in [0.29, 0.717) is 6.04 Å². The summed E-state index contributed by atoms with van der Waals surface area (Å²) in [6, 6.07) is 8.54. The molecule has 0 spiro atoms. The number of benzene rings is 1. The number of aromatic nitrogens is 1. The molecule has 4 nitrogen and oxygen atoms in total. The SMILES string of the molecule is CC1CC(NC(=O)c2ccc3cc[nH]c3c2)CCN1. The molecular weight excluding hydrogens is 238 g/mol. The number of rotatable bonds is 2. The summed E-state index contributed by atoms with van der Waals surface area (Å²) in [5, 5.41) is 7.65. The Morgan fingerprint density at radius 1 is 1.37 bits per heavy atom. The number of hydrogen-bond acceptors (Lipinski definition) is 2. The Balaban J connectivity index is 1.72. The van der Waals surface area contributed by atoms with Gasteiger partial charge in [-0.15, -0.1) is 0 Å². The molecule has 0 saturated carbocycles. The first-order valence-electron chi connectivity index (χ1n) is 6.84. The third-order valence-corrected chi connectivity index (χ3v) is 3.78. The Morgan fingerprint density at radius 2 is 2.26 bits per heavy atom. The molecule has 2 unspecified atom stereocenters. The van der Waals surface area contributed by atoms with E-state index in [1.165, 1.54) is 0 Å². The third-order valence-electron chi connectivity index (χ3n) is 3.78. The molecule has 3 N–H and O–H groups in total. The van der Waals surface area contributed by atoms with Gasteiger partial charge in [0.15, 0.2) is 0 Å². The van der Waals surface area contributed by atoms with Crippen LogP contribution in [0.3, 0.4) is 0 Å². The van der Waals surface area contributed by atoms with Crippen molar-refractivity contribution in [1.82, 2.24) is 15.6 Å². The van der Waals surface area contributed by atoms with Crippen molar-refractivity contribution in [3.05, 3.63) is 36.0 Å². The van der Waals surface area contributed by atoms with Crippen molar-refractivity contribution < 1.29 is 4.79 Å². The highest BCUT2D eigenvalue weighted by atomic mass is 16.1. The number of carbonyl (C=O) groups excluding carboxylic acids is 1. The average molecular weight is 257 g/mol. The first kappa shape index (κ1) is 12.2. The van der Waals surface area contributed by atoms with Crippen LogP contribution in [-0.4, -0.2) is 29.5 Å². The number of H-pyrrole nitrogens is 1. The normalized spacial score (nSPS) is 23.4. The average Bonchev–Trinajstić information content (AvgIpc) is 2.85. The Kier molecular flexibility index (Phi) is 3.25. The van der Waals surface area contributed by atoms with Gasteiger partial charge in [-0.05, 0) is 49.9 Å². The molecule has 100 valence electrons. The zero-order chi connectivity index (χ0) is 13.2. The van der Waals surface area contributed by atoms with Crippen LogP contribution in [0.25, 0.3) is 10.9 Å². The monoisotopic (exact) mass is 257 g/mol. The Labute approximate surface area is 112 Å². The van der Waals surface area contributed by atoms with Gasteiger partial charge in [-0.25, -0.2) is 0 Å².